The molecule has 0 fully saturated rings. The predicted molar refractivity (Wildman–Crippen MR) is 122 cm³/mol. The first-order valence-corrected chi connectivity index (χ1v) is 10.5. The molecule has 0 unspecified atom stereocenters. The van der Waals surface area contributed by atoms with E-state index in [2.05, 4.69) is 10.6 Å². The first-order valence-electron chi connectivity index (χ1n) is 10.5. The lowest BCUT2D eigenvalue weighted by molar-refractivity contribution is -0.142. The van der Waals surface area contributed by atoms with Crippen LogP contribution >= 0.6 is 0 Å². The molecule has 0 saturated heterocycles. The number of hydrogen-bond acceptors (Lipinski definition) is 4. The third-order valence-electron chi connectivity index (χ3n) is 5.09. The standard InChI is InChI=1S/C26H26N2O4/c29-24(21-14-8-3-9-15-21)17-22(27-18-20-12-6-2-7-13-20)25(30)28-23(26(31)32)16-19-10-4-1-5-11-19/h1-15,22-23,27H,16-18H2,(H,28,30)(H,31,32)/t22-,23+/m1/s1. The normalized spacial score (nSPS) is 12.5. The molecule has 3 aromatic rings. The number of hydrogen-bond donors (Lipinski definition) is 3. The molecule has 3 aromatic carbocycles. The molecule has 0 saturated carbocycles. The van der Waals surface area contributed by atoms with Crippen molar-refractivity contribution in [1.29, 1.82) is 0 Å². The minimum absolute atomic E-state index is 0.0830. The number of aliphatic carboxylic acids is 1. The fourth-order valence-corrected chi connectivity index (χ4v) is 3.34. The highest BCUT2D eigenvalue weighted by Crippen LogP contribution is 2.09. The topological polar surface area (TPSA) is 95.5 Å². The first kappa shape index (κ1) is 22.9. The van der Waals surface area contributed by atoms with Gasteiger partial charge in [-0.1, -0.05) is 91.0 Å². The largest absolute Gasteiger partial charge is 0.480 e. The van der Waals surface area contributed by atoms with Crippen LogP contribution in [0.5, 0.6) is 0 Å². The van der Waals surface area contributed by atoms with Crippen LogP contribution in [0.3, 0.4) is 0 Å². The molecule has 0 bridgehead atoms. The van der Waals surface area contributed by atoms with E-state index in [1.165, 1.54) is 0 Å². The summed E-state index contributed by atoms with van der Waals surface area (Å²) in [4.78, 5) is 37.6. The Morgan fingerprint density at radius 1 is 0.719 bits per heavy atom. The van der Waals surface area contributed by atoms with E-state index < -0.39 is 24.0 Å². The molecule has 6 nitrogen and oxygen atoms in total. The van der Waals surface area contributed by atoms with Gasteiger partial charge in [0, 0.05) is 24.9 Å². The lowest BCUT2D eigenvalue weighted by atomic mass is 10.0. The van der Waals surface area contributed by atoms with Gasteiger partial charge in [-0.25, -0.2) is 4.79 Å². The average Bonchev–Trinajstić information content (AvgIpc) is 2.83. The van der Waals surface area contributed by atoms with Crippen molar-refractivity contribution in [2.24, 2.45) is 0 Å². The SMILES string of the molecule is O=C(C[C@@H](NCc1ccccc1)C(=O)N[C@@H](Cc1ccccc1)C(=O)O)c1ccccc1. The molecule has 0 spiro atoms. The third-order valence-corrected chi connectivity index (χ3v) is 5.09. The molecular weight excluding hydrogens is 404 g/mol. The van der Waals surface area contributed by atoms with Crippen molar-refractivity contribution in [3.63, 3.8) is 0 Å². The highest BCUT2D eigenvalue weighted by atomic mass is 16.4. The highest BCUT2D eigenvalue weighted by molar-refractivity contribution is 6.00. The monoisotopic (exact) mass is 430 g/mol. The number of nitrogens with one attached hydrogen (secondary N) is 2. The molecule has 0 aliphatic carbocycles. The van der Waals surface area contributed by atoms with Crippen molar-refractivity contribution < 1.29 is 19.5 Å². The number of carbonyl (C=O) groups excluding carboxylic acids is 2. The van der Waals surface area contributed by atoms with E-state index in [-0.39, 0.29) is 18.6 Å². The fourth-order valence-electron chi connectivity index (χ4n) is 3.34. The third kappa shape index (κ3) is 6.89. The number of Topliss-reactive ketones (excluding diaryl/α,β-unsaturated/α-hetero) is 1. The van der Waals surface area contributed by atoms with Crippen LogP contribution in [0, 0.1) is 0 Å². The van der Waals surface area contributed by atoms with Gasteiger partial charge in [0.05, 0.1) is 6.04 Å². The lowest BCUT2D eigenvalue weighted by Crippen LogP contribution is -2.51. The summed E-state index contributed by atoms with van der Waals surface area (Å²) in [6.45, 7) is 0.372. The minimum Gasteiger partial charge on any atom is -0.480 e. The maximum absolute atomic E-state index is 13.0. The summed E-state index contributed by atoms with van der Waals surface area (Å²) in [5.41, 5.74) is 2.26. The number of carboxylic acid groups (broad SMARTS) is 1. The Morgan fingerprint density at radius 2 is 1.25 bits per heavy atom. The molecule has 0 aliphatic heterocycles. The van der Waals surface area contributed by atoms with Gasteiger partial charge in [0.15, 0.2) is 5.78 Å². The van der Waals surface area contributed by atoms with Crippen molar-refractivity contribution in [2.75, 3.05) is 0 Å². The van der Waals surface area contributed by atoms with Crippen molar-refractivity contribution >= 4 is 17.7 Å². The van der Waals surface area contributed by atoms with Gasteiger partial charge in [-0.3, -0.25) is 9.59 Å². The van der Waals surface area contributed by atoms with E-state index in [0.29, 0.717) is 12.1 Å². The van der Waals surface area contributed by atoms with E-state index in [4.69, 9.17) is 0 Å². The van der Waals surface area contributed by atoms with Crippen LogP contribution in [0.2, 0.25) is 0 Å². The van der Waals surface area contributed by atoms with E-state index >= 15 is 0 Å². The Morgan fingerprint density at radius 3 is 1.81 bits per heavy atom. The molecule has 32 heavy (non-hydrogen) atoms. The van der Waals surface area contributed by atoms with Crippen molar-refractivity contribution in [3.8, 4) is 0 Å². The van der Waals surface area contributed by atoms with Gasteiger partial charge < -0.3 is 15.7 Å². The Balaban J connectivity index is 1.72. The summed E-state index contributed by atoms with van der Waals surface area (Å²) in [6.07, 6.45) is 0.0697. The summed E-state index contributed by atoms with van der Waals surface area (Å²) < 4.78 is 0. The number of benzene rings is 3. The van der Waals surface area contributed by atoms with Crippen LogP contribution in [-0.4, -0.2) is 34.8 Å². The van der Waals surface area contributed by atoms with Gasteiger partial charge in [-0.05, 0) is 11.1 Å². The van der Waals surface area contributed by atoms with Crippen LogP contribution in [-0.2, 0) is 22.6 Å². The zero-order chi connectivity index (χ0) is 22.8. The Labute approximate surface area is 187 Å². The number of rotatable bonds is 11. The molecule has 0 heterocycles. The molecule has 2 atom stereocenters. The Kier molecular flexibility index (Phi) is 8.29. The van der Waals surface area contributed by atoms with Crippen LogP contribution in [0.15, 0.2) is 91.0 Å². The predicted octanol–water partition coefficient (Wildman–Crippen LogP) is 3.23. The second kappa shape index (κ2) is 11.6. The Hall–Kier alpha value is -3.77. The average molecular weight is 431 g/mol. The van der Waals surface area contributed by atoms with E-state index in [1.807, 2.05) is 66.7 Å². The van der Waals surface area contributed by atoms with Crippen molar-refractivity contribution in [2.45, 2.75) is 31.5 Å². The second-order valence-electron chi connectivity index (χ2n) is 7.50. The van der Waals surface area contributed by atoms with Gasteiger partial charge in [0.1, 0.15) is 6.04 Å². The highest BCUT2D eigenvalue weighted by Gasteiger charge is 2.27. The molecule has 1 amide bonds. The maximum Gasteiger partial charge on any atom is 0.326 e. The number of carbonyl (C=O) groups is 3. The zero-order valence-electron chi connectivity index (χ0n) is 17.6. The molecule has 0 radical (unpaired) electrons. The van der Waals surface area contributed by atoms with Crippen LogP contribution in [0.4, 0.5) is 0 Å². The Bertz CT molecular complexity index is 1020. The summed E-state index contributed by atoms with van der Waals surface area (Å²) in [7, 11) is 0. The summed E-state index contributed by atoms with van der Waals surface area (Å²) in [5, 5.41) is 15.4. The summed E-state index contributed by atoms with van der Waals surface area (Å²) >= 11 is 0. The first-order chi connectivity index (χ1) is 15.5. The number of ketones is 1. The van der Waals surface area contributed by atoms with Gasteiger partial charge in [-0.2, -0.15) is 0 Å². The zero-order valence-corrected chi connectivity index (χ0v) is 17.6. The van der Waals surface area contributed by atoms with Gasteiger partial charge in [0.2, 0.25) is 5.91 Å². The number of amides is 1. The molecule has 164 valence electrons. The van der Waals surface area contributed by atoms with Crippen molar-refractivity contribution in [1.82, 2.24) is 10.6 Å². The van der Waals surface area contributed by atoms with Gasteiger partial charge in [0.25, 0.3) is 0 Å². The lowest BCUT2D eigenvalue weighted by Gasteiger charge is -2.21. The summed E-state index contributed by atoms with van der Waals surface area (Å²) in [5.74, 6) is -1.84. The smallest absolute Gasteiger partial charge is 0.326 e. The molecule has 0 aliphatic rings. The van der Waals surface area contributed by atoms with E-state index in [1.54, 1.807) is 24.3 Å². The van der Waals surface area contributed by atoms with Crippen LogP contribution in [0.1, 0.15) is 27.9 Å². The summed E-state index contributed by atoms with van der Waals surface area (Å²) in [6, 6.07) is 25.4. The fraction of sp³-hybridized carbons (Fsp3) is 0.192. The van der Waals surface area contributed by atoms with E-state index in [9.17, 15) is 19.5 Å². The molecule has 3 N–H and O–H groups in total. The molecule has 6 heteroatoms. The quantitative estimate of drug-likeness (QED) is 0.406. The maximum atomic E-state index is 13.0. The van der Waals surface area contributed by atoms with Gasteiger partial charge >= 0.3 is 5.97 Å². The second-order valence-corrected chi connectivity index (χ2v) is 7.50. The molecular formula is C26H26N2O4. The molecule has 0 aromatic heterocycles. The van der Waals surface area contributed by atoms with Crippen LogP contribution in [0.25, 0.3) is 0 Å². The molecule has 3 rings (SSSR count). The van der Waals surface area contributed by atoms with Crippen LogP contribution < -0.4 is 10.6 Å². The number of carboxylic acids is 1. The van der Waals surface area contributed by atoms with Gasteiger partial charge in [-0.15, -0.1) is 0 Å². The van der Waals surface area contributed by atoms with Crippen molar-refractivity contribution in [3.05, 3.63) is 108 Å². The van der Waals surface area contributed by atoms with E-state index in [0.717, 1.165) is 11.1 Å². The minimum atomic E-state index is -1.13.